The van der Waals surface area contributed by atoms with Gasteiger partial charge in [-0.3, -0.25) is 4.79 Å². The molecule has 1 aromatic carbocycles. The van der Waals surface area contributed by atoms with Crippen LogP contribution in [0.5, 0.6) is 0 Å². The second kappa shape index (κ2) is 5.05. The summed E-state index contributed by atoms with van der Waals surface area (Å²) in [5.74, 6) is -0.00962. The SMILES string of the molecule is Cc1ccc(C(=O)N2CCCC2CCl)cc1F. The first kappa shape index (κ1) is 12.4. The zero-order chi connectivity index (χ0) is 12.4. The average Bonchev–Trinajstić information content (AvgIpc) is 2.80. The molecule has 0 saturated carbocycles. The molecule has 17 heavy (non-hydrogen) atoms. The number of alkyl halides is 1. The van der Waals surface area contributed by atoms with Gasteiger partial charge in [0.1, 0.15) is 5.82 Å². The van der Waals surface area contributed by atoms with E-state index in [1.165, 1.54) is 6.07 Å². The van der Waals surface area contributed by atoms with E-state index >= 15 is 0 Å². The van der Waals surface area contributed by atoms with Crippen molar-refractivity contribution in [1.82, 2.24) is 4.90 Å². The molecule has 1 atom stereocenters. The molecular formula is C13H15ClFNO. The van der Waals surface area contributed by atoms with E-state index in [1.54, 1.807) is 24.0 Å². The zero-order valence-electron chi connectivity index (χ0n) is 9.75. The lowest BCUT2D eigenvalue weighted by atomic mass is 10.1. The predicted molar refractivity (Wildman–Crippen MR) is 65.9 cm³/mol. The Labute approximate surface area is 105 Å². The Kier molecular flexibility index (Phi) is 3.67. The van der Waals surface area contributed by atoms with Crippen LogP contribution >= 0.6 is 11.6 Å². The molecule has 1 amide bonds. The van der Waals surface area contributed by atoms with Gasteiger partial charge in [-0.15, -0.1) is 11.6 Å². The first-order valence-corrected chi connectivity index (χ1v) is 6.30. The second-order valence-corrected chi connectivity index (χ2v) is 4.72. The van der Waals surface area contributed by atoms with E-state index in [-0.39, 0.29) is 17.8 Å². The maximum atomic E-state index is 13.4. The molecule has 0 bridgehead atoms. The summed E-state index contributed by atoms with van der Waals surface area (Å²) in [6, 6.07) is 4.70. The molecule has 0 aliphatic carbocycles. The third-order valence-corrected chi connectivity index (χ3v) is 3.59. The summed E-state index contributed by atoms with van der Waals surface area (Å²) in [7, 11) is 0. The third kappa shape index (κ3) is 2.44. The van der Waals surface area contributed by atoms with E-state index < -0.39 is 0 Å². The normalized spacial score (nSPS) is 19.7. The summed E-state index contributed by atoms with van der Waals surface area (Å²) < 4.78 is 13.4. The van der Waals surface area contributed by atoms with Gasteiger partial charge in [-0.1, -0.05) is 6.07 Å². The van der Waals surface area contributed by atoms with E-state index in [1.807, 2.05) is 0 Å². The van der Waals surface area contributed by atoms with Gasteiger partial charge in [0.15, 0.2) is 0 Å². The minimum Gasteiger partial charge on any atom is -0.334 e. The zero-order valence-corrected chi connectivity index (χ0v) is 10.5. The van der Waals surface area contributed by atoms with Crippen molar-refractivity contribution >= 4 is 17.5 Å². The van der Waals surface area contributed by atoms with Crippen LogP contribution in [0.1, 0.15) is 28.8 Å². The van der Waals surface area contributed by atoms with Crippen LogP contribution in [0.3, 0.4) is 0 Å². The molecule has 1 aromatic rings. The number of aryl methyl sites for hydroxylation is 1. The fourth-order valence-electron chi connectivity index (χ4n) is 2.16. The molecule has 4 heteroatoms. The lowest BCUT2D eigenvalue weighted by Gasteiger charge is -2.23. The Morgan fingerprint density at radius 2 is 2.35 bits per heavy atom. The highest BCUT2D eigenvalue weighted by Crippen LogP contribution is 2.21. The van der Waals surface area contributed by atoms with Crippen LogP contribution in [-0.2, 0) is 0 Å². The summed E-state index contributed by atoms with van der Waals surface area (Å²) in [4.78, 5) is 13.9. The van der Waals surface area contributed by atoms with E-state index in [9.17, 15) is 9.18 Å². The molecule has 2 nitrogen and oxygen atoms in total. The van der Waals surface area contributed by atoms with Crippen LogP contribution < -0.4 is 0 Å². The van der Waals surface area contributed by atoms with Gasteiger partial charge in [-0.05, 0) is 37.5 Å². The molecular weight excluding hydrogens is 241 g/mol. The summed E-state index contributed by atoms with van der Waals surface area (Å²) >= 11 is 5.82. The van der Waals surface area contributed by atoms with Gasteiger partial charge in [-0.25, -0.2) is 4.39 Å². The molecule has 0 aromatic heterocycles. The first-order chi connectivity index (χ1) is 8.13. The van der Waals surface area contributed by atoms with Crippen molar-refractivity contribution in [2.75, 3.05) is 12.4 Å². The maximum Gasteiger partial charge on any atom is 0.254 e. The number of nitrogens with zero attached hydrogens (tertiary/aromatic N) is 1. The smallest absolute Gasteiger partial charge is 0.254 e. The minimum atomic E-state index is -0.336. The topological polar surface area (TPSA) is 20.3 Å². The summed E-state index contributed by atoms with van der Waals surface area (Å²) in [6.45, 7) is 2.40. The summed E-state index contributed by atoms with van der Waals surface area (Å²) in [5.41, 5.74) is 0.960. The monoisotopic (exact) mass is 255 g/mol. The van der Waals surface area contributed by atoms with Crippen molar-refractivity contribution in [3.8, 4) is 0 Å². The Morgan fingerprint density at radius 1 is 1.59 bits per heavy atom. The van der Waals surface area contributed by atoms with Gasteiger partial charge in [0, 0.05) is 24.0 Å². The van der Waals surface area contributed by atoms with E-state index in [2.05, 4.69) is 0 Å². The molecule has 0 spiro atoms. The fraction of sp³-hybridized carbons (Fsp3) is 0.462. The molecule has 1 fully saturated rings. The Hall–Kier alpha value is -1.09. The molecule has 2 rings (SSSR count). The van der Waals surface area contributed by atoms with Crippen molar-refractivity contribution < 1.29 is 9.18 Å². The van der Waals surface area contributed by atoms with Gasteiger partial charge in [0.2, 0.25) is 0 Å². The van der Waals surface area contributed by atoms with Crippen molar-refractivity contribution in [3.05, 3.63) is 35.1 Å². The van der Waals surface area contributed by atoms with Crippen LogP contribution in [0.4, 0.5) is 4.39 Å². The van der Waals surface area contributed by atoms with Crippen LogP contribution in [0.2, 0.25) is 0 Å². The number of carbonyl (C=O) groups is 1. The molecule has 1 aliphatic heterocycles. The summed E-state index contributed by atoms with van der Waals surface area (Å²) in [5, 5.41) is 0. The molecule has 1 heterocycles. The molecule has 0 N–H and O–H groups in total. The first-order valence-electron chi connectivity index (χ1n) is 5.76. The highest BCUT2D eigenvalue weighted by Gasteiger charge is 2.28. The number of benzene rings is 1. The van der Waals surface area contributed by atoms with Crippen LogP contribution in [0, 0.1) is 12.7 Å². The standard InChI is InChI=1S/C13H15ClFNO/c1-9-4-5-10(7-12(9)15)13(17)16-6-2-3-11(16)8-14/h4-5,7,11H,2-3,6,8H2,1H3. The Balaban J connectivity index is 2.21. The average molecular weight is 256 g/mol. The number of likely N-dealkylation sites (tertiary alicyclic amines) is 1. The Morgan fingerprint density at radius 3 is 3.00 bits per heavy atom. The number of rotatable bonds is 2. The number of amides is 1. The van der Waals surface area contributed by atoms with E-state index in [0.29, 0.717) is 23.6 Å². The van der Waals surface area contributed by atoms with Gasteiger partial charge in [0.05, 0.1) is 0 Å². The lowest BCUT2D eigenvalue weighted by Crippen LogP contribution is -2.36. The van der Waals surface area contributed by atoms with Crippen LogP contribution in [-0.4, -0.2) is 29.3 Å². The molecule has 1 unspecified atom stereocenters. The number of carbonyl (C=O) groups excluding carboxylic acids is 1. The van der Waals surface area contributed by atoms with Gasteiger partial charge < -0.3 is 4.90 Å². The highest BCUT2D eigenvalue weighted by atomic mass is 35.5. The quantitative estimate of drug-likeness (QED) is 0.744. The van der Waals surface area contributed by atoms with E-state index in [0.717, 1.165) is 12.8 Å². The third-order valence-electron chi connectivity index (χ3n) is 3.23. The largest absolute Gasteiger partial charge is 0.334 e. The van der Waals surface area contributed by atoms with Crippen molar-refractivity contribution in [2.24, 2.45) is 0 Å². The predicted octanol–water partition coefficient (Wildman–Crippen LogP) is 2.98. The van der Waals surface area contributed by atoms with Gasteiger partial charge in [-0.2, -0.15) is 0 Å². The highest BCUT2D eigenvalue weighted by molar-refractivity contribution is 6.18. The van der Waals surface area contributed by atoms with Crippen molar-refractivity contribution in [3.63, 3.8) is 0 Å². The molecule has 1 aliphatic rings. The minimum absolute atomic E-state index is 0.0912. The number of hydrogen-bond donors (Lipinski definition) is 0. The van der Waals surface area contributed by atoms with Gasteiger partial charge in [0.25, 0.3) is 5.91 Å². The van der Waals surface area contributed by atoms with Crippen LogP contribution in [0.15, 0.2) is 18.2 Å². The number of hydrogen-bond acceptors (Lipinski definition) is 1. The Bertz CT molecular complexity index is 435. The fourth-order valence-corrected chi connectivity index (χ4v) is 2.48. The summed E-state index contributed by atoms with van der Waals surface area (Å²) in [6.07, 6.45) is 1.90. The number of halogens is 2. The molecule has 0 radical (unpaired) electrons. The lowest BCUT2D eigenvalue weighted by molar-refractivity contribution is 0.0748. The maximum absolute atomic E-state index is 13.4. The molecule has 92 valence electrons. The van der Waals surface area contributed by atoms with Gasteiger partial charge >= 0.3 is 0 Å². The van der Waals surface area contributed by atoms with Crippen molar-refractivity contribution in [1.29, 1.82) is 0 Å². The molecule has 1 saturated heterocycles. The second-order valence-electron chi connectivity index (χ2n) is 4.41. The van der Waals surface area contributed by atoms with Crippen LogP contribution in [0.25, 0.3) is 0 Å². The van der Waals surface area contributed by atoms with E-state index in [4.69, 9.17) is 11.6 Å². The van der Waals surface area contributed by atoms with Crippen molar-refractivity contribution in [2.45, 2.75) is 25.8 Å².